The highest BCUT2D eigenvalue weighted by molar-refractivity contribution is 5.94. The Morgan fingerprint density at radius 2 is 1.61 bits per heavy atom. The van der Waals surface area contributed by atoms with Crippen LogP contribution in [0.5, 0.6) is 0 Å². The molecule has 1 N–H and O–H groups in total. The Balaban J connectivity index is 0.000000968. The van der Waals surface area contributed by atoms with Crippen LogP contribution in [0, 0.1) is 11.3 Å². The summed E-state index contributed by atoms with van der Waals surface area (Å²) in [5.74, 6) is 0.460. The van der Waals surface area contributed by atoms with E-state index in [2.05, 4.69) is 24.3 Å². The minimum absolute atomic E-state index is 0.0534. The molecular formula is C26H32N2O5. The van der Waals surface area contributed by atoms with E-state index in [4.69, 9.17) is 14.6 Å². The van der Waals surface area contributed by atoms with Gasteiger partial charge in [-0.25, -0.2) is 0 Å². The van der Waals surface area contributed by atoms with Gasteiger partial charge in [0.2, 0.25) is 5.91 Å². The first-order chi connectivity index (χ1) is 16.0. The summed E-state index contributed by atoms with van der Waals surface area (Å²) in [4.78, 5) is 38.0. The highest BCUT2D eigenvalue weighted by Crippen LogP contribution is 2.46. The number of nitrogens with zero attached hydrogens (tertiary/aromatic N) is 2. The monoisotopic (exact) mass is 452 g/mol. The maximum atomic E-state index is 13.1. The van der Waals surface area contributed by atoms with Crippen molar-refractivity contribution in [3.05, 3.63) is 71.8 Å². The van der Waals surface area contributed by atoms with Gasteiger partial charge >= 0.3 is 0 Å². The molecule has 0 saturated carbocycles. The number of amides is 2. The van der Waals surface area contributed by atoms with Gasteiger partial charge in [0.1, 0.15) is 6.61 Å². The first kappa shape index (κ1) is 24.5. The lowest BCUT2D eigenvalue weighted by atomic mass is 9.76. The second-order valence-electron chi connectivity index (χ2n) is 8.61. The van der Waals surface area contributed by atoms with Gasteiger partial charge in [-0.2, -0.15) is 0 Å². The normalized spacial score (nSPS) is 21.2. The zero-order valence-electron chi connectivity index (χ0n) is 19.1. The molecule has 7 heteroatoms. The van der Waals surface area contributed by atoms with Crippen molar-refractivity contribution < 1.29 is 24.2 Å². The number of hydrogen-bond acceptors (Lipinski definition) is 4. The molecule has 2 atom stereocenters. The molecule has 0 bridgehead atoms. The largest absolute Gasteiger partial charge is 0.483 e. The van der Waals surface area contributed by atoms with Crippen molar-refractivity contribution in [3.63, 3.8) is 0 Å². The van der Waals surface area contributed by atoms with E-state index in [-0.39, 0.29) is 30.3 Å². The van der Waals surface area contributed by atoms with Crippen molar-refractivity contribution in [2.45, 2.75) is 19.8 Å². The fourth-order valence-corrected chi connectivity index (χ4v) is 4.96. The smallest absolute Gasteiger partial charge is 0.290 e. The highest BCUT2D eigenvalue weighted by atomic mass is 16.5. The summed E-state index contributed by atoms with van der Waals surface area (Å²) in [7, 11) is 0. The summed E-state index contributed by atoms with van der Waals surface area (Å²) in [6.45, 7) is 5.17. The van der Waals surface area contributed by atoms with Crippen LogP contribution in [-0.4, -0.2) is 72.6 Å². The molecule has 2 aliphatic heterocycles. The van der Waals surface area contributed by atoms with Gasteiger partial charge in [-0.3, -0.25) is 14.4 Å². The van der Waals surface area contributed by atoms with Gasteiger partial charge in [-0.1, -0.05) is 48.5 Å². The number of benzene rings is 2. The van der Waals surface area contributed by atoms with Gasteiger partial charge in [0, 0.05) is 49.7 Å². The minimum atomic E-state index is -0.250. The van der Waals surface area contributed by atoms with Gasteiger partial charge in [-0.05, 0) is 37.5 Å². The molecule has 0 unspecified atom stereocenters. The van der Waals surface area contributed by atoms with E-state index >= 15 is 0 Å². The van der Waals surface area contributed by atoms with Crippen LogP contribution in [0.15, 0.2) is 60.7 Å². The summed E-state index contributed by atoms with van der Waals surface area (Å²) in [6.07, 6.45) is 1.93. The first-order valence-electron chi connectivity index (χ1n) is 11.3. The van der Waals surface area contributed by atoms with E-state index in [1.807, 2.05) is 53.1 Å². The lowest BCUT2D eigenvalue weighted by molar-refractivity contribution is -0.135. The molecule has 4 rings (SSSR count). The molecule has 2 amide bonds. The van der Waals surface area contributed by atoms with E-state index in [9.17, 15) is 9.59 Å². The quantitative estimate of drug-likeness (QED) is 0.653. The SMILES string of the molecule is CCOCC(=O)N1C[C@@H]2CN(C(=O)c3ccccc3)C[C@]2(CCc2ccccc2)C1.O=CO. The lowest BCUT2D eigenvalue weighted by Gasteiger charge is -2.29. The number of rotatable bonds is 7. The maximum absolute atomic E-state index is 13.1. The molecule has 33 heavy (non-hydrogen) atoms. The van der Waals surface area contributed by atoms with Crippen LogP contribution in [0.3, 0.4) is 0 Å². The average Bonchev–Trinajstić information content (AvgIpc) is 3.37. The molecule has 0 aliphatic carbocycles. The number of carbonyl (C=O) groups excluding carboxylic acids is 2. The van der Waals surface area contributed by atoms with Crippen molar-refractivity contribution in [2.24, 2.45) is 11.3 Å². The van der Waals surface area contributed by atoms with Gasteiger partial charge < -0.3 is 19.6 Å². The van der Waals surface area contributed by atoms with Crippen LogP contribution < -0.4 is 0 Å². The molecule has 0 spiro atoms. The predicted molar refractivity (Wildman–Crippen MR) is 125 cm³/mol. The van der Waals surface area contributed by atoms with Crippen molar-refractivity contribution >= 4 is 18.3 Å². The number of hydrogen-bond donors (Lipinski definition) is 1. The van der Waals surface area contributed by atoms with Crippen molar-refractivity contribution in [1.82, 2.24) is 9.80 Å². The molecule has 0 radical (unpaired) electrons. The minimum Gasteiger partial charge on any atom is -0.483 e. The second kappa shape index (κ2) is 11.6. The standard InChI is InChI=1S/C25H30N2O3.CH2O2/c1-2-30-17-23(28)26-15-22-16-27(24(29)21-11-7-4-8-12-21)19-25(22,18-26)14-13-20-9-5-3-6-10-20;2-1-3/h3-12,22H,2,13-19H2,1H3;1H,(H,2,3)/t22-,25+;/m1./s1. The Labute approximate surface area is 195 Å². The van der Waals surface area contributed by atoms with E-state index in [0.717, 1.165) is 18.4 Å². The van der Waals surface area contributed by atoms with Crippen LogP contribution in [0.4, 0.5) is 0 Å². The van der Waals surface area contributed by atoms with Gasteiger partial charge in [0.15, 0.2) is 0 Å². The number of likely N-dealkylation sites (tertiary alicyclic amines) is 2. The number of carboxylic acid groups (broad SMARTS) is 1. The lowest BCUT2D eigenvalue weighted by Crippen LogP contribution is -2.40. The molecule has 7 nitrogen and oxygen atoms in total. The third kappa shape index (κ3) is 5.99. The summed E-state index contributed by atoms with van der Waals surface area (Å²) < 4.78 is 5.35. The first-order valence-corrected chi connectivity index (χ1v) is 11.3. The Bertz CT molecular complexity index is 921. The third-order valence-electron chi connectivity index (χ3n) is 6.60. The fraction of sp³-hybridized carbons (Fsp3) is 0.423. The van der Waals surface area contributed by atoms with E-state index in [0.29, 0.717) is 38.7 Å². The number of fused-ring (bicyclic) bond motifs is 1. The highest BCUT2D eigenvalue weighted by Gasteiger charge is 2.53. The maximum Gasteiger partial charge on any atom is 0.290 e. The van der Waals surface area contributed by atoms with Gasteiger partial charge in [0.25, 0.3) is 12.4 Å². The molecule has 2 aliphatic rings. The Morgan fingerprint density at radius 1 is 1.03 bits per heavy atom. The van der Waals surface area contributed by atoms with Crippen LogP contribution in [0.25, 0.3) is 0 Å². The van der Waals surface area contributed by atoms with Gasteiger partial charge in [0.05, 0.1) is 0 Å². The van der Waals surface area contributed by atoms with Crippen LogP contribution in [0.2, 0.25) is 0 Å². The molecule has 2 aromatic carbocycles. The molecule has 2 saturated heterocycles. The summed E-state index contributed by atoms with van der Waals surface area (Å²) in [5.41, 5.74) is 1.99. The molecule has 0 aromatic heterocycles. The summed E-state index contributed by atoms with van der Waals surface area (Å²) >= 11 is 0. The third-order valence-corrected chi connectivity index (χ3v) is 6.60. The number of carbonyl (C=O) groups is 3. The van der Waals surface area contributed by atoms with Gasteiger partial charge in [-0.15, -0.1) is 0 Å². The zero-order valence-corrected chi connectivity index (χ0v) is 19.1. The molecule has 2 aromatic rings. The summed E-state index contributed by atoms with van der Waals surface area (Å²) in [5, 5.41) is 6.89. The predicted octanol–water partition coefficient (Wildman–Crippen LogP) is 2.96. The van der Waals surface area contributed by atoms with Crippen LogP contribution >= 0.6 is 0 Å². The zero-order chi connectivity index (χ0) is 23.7. The molecule has 176 valence electrons. The van der Waals surface area contributed by atoms with E-state index < -0.39 is 0 Å². The van der Waals surface area contributed by atoms with E-state index in [1.165, 1.54) is 5.56 Å². The molecule has 2 fully saturated rings. The Kier molecular flexibility index (Phi) is 8.60. The molecular weight excluding hydrogens is 420 g/mol. The fourth-order valence-electron chi connectivity index (χ4n) is 4.96. The van der Waals surface area contributed by atoms with Crippen molar-refractivity contribution in [2.75, 3.05) is 39.4 Å². The van der Waals surface area contributed by atoms with E-state index in [1.54, 1.807) is 0 Å². The van der Waals surface area contributed by atoms with Crippen LogP contribution in [0.1, 0.15) is 29.3 Å². The Hall–Kier alpha value is -3.19. The van der Waals surface area contributed by atoms with Crippen molar-refractivity contribution in [3.8, 4) is 0 Å². The van der Waals surface area contributed by atoms with Crippen LogP contribution in [-0.2, 0) is 20.7 Å². The molecule has 2 heterocycles. The second-order valence-corrected chi connectivity index (χ2v) is 8.61. The average molecular weight is 453 g/mol. The topological polar surface area (TPSA) is 87.2 Å². The van der Waals surface area contributed by atoms with Crippen molar-refractivity contribution in [1.29, 1.82) is 0 Å². The summed E-state index contributed by atoms with van der Waals surface area (Å²) in [6, 6.07) is 20.0. The number of ether oxygens (including phenoxy) is 1. The Morgan fingerprint density at radius 3 is 2.24 bits per heavy atom. The number of aryl methyl sites for hydroxylation is 1.